The van der Waals surface area contributed by atoms with Gasteiger partial charge in [0.2, 0.25) is 11.6 Å². The van der Waals surface area contributed by atoms with Gasteiger partial charge in [-0.3, -0.25) is 0 Å². The van der Waals surface area contributed by atoms with E-state index in [2.05, 4.69) is 9.97 Å². The first kappa shape index (κ1) is 9.74. The number of pyridine rings is 1. The highest BCUT2D eigenvalue weighted by Crippen LogP contribution is 2.40. The Bertz CT molecular complexity index is 519. The van der Waals surface area contributed by atoms with Crippen LogP contribution in [0.5, 0.6) is 0 Å². The van der Waals surface area contributed by atoms with Gasteiger partial charge in [-0.05, 0) is 24.5 Å². The fourth-order valence-corrected chi connectivity index (χ4v) is 1.67. The van der Waals surface area contributed by atoms with Crippen molar-refractivity contribution in [2.24, 2.45) is 5.73 Å². The van der Waals surface area contributed by atoms with E-state index in [1.165, 1.54) is 0 Å². The van der Waals surface area contributed by atoms with Crippen molar-refractivity contribution in [1.82, 2.24) is 9.97 Å². The molecular formula is C11H13N3O2. The molecule has 1 aliphatic rings. The van der Waals surface area contributed by atoms with Crippen LogP contribution in [0.25, 0.3) is 11.2 Å². The predicted octanol–water partition coefficient (Wildman–Crippen LogP) is 1.09. The number of hydrogen-bond acceptors (Lipinski definition) is 5. The molecule has 1 atom stereocenters. The van der Waals surface area contributed by atoms with E-state index in [9.17, 15) is 0 Å². The van der Waals surface area contributed by atoms with E-state index in [1.54, 1.807) is 6.20 Å². The fourth-order valence-electron chi connectivity index (χ4n) is 1.67. The maximum Gasteiger partial charge on any atom is 0.246 e. The first-order valence-electron chi connectivity index (χ1n) is 5.40. The molecule has 3 rings (SSSR count). The highest BCUT2D eigenvalue weighted by Gasteiger charge is 2.29. The summed E-state index contributed by atoms with van der Waals surface area (Å²) in [4.78, 5) is 8.55. The van der Waals surface area contributed by atoms with Crippen molar-refractivity contribution in [2.45, 2.75) is 24.8 Å². The molecule has 16 heavy (non-hydrogen) atoms. The zero-order valence-corrected chi connectivity index (χ0v) is 8.76. The number of oxazole rings is 1. The van der Waals surface area contributed by atoms with Crippen LogP contribution in [0.4, 0.5) is 0 Å². The van der Waals surface area contributed by atoms with Gasteiger partial charge >= 0.3 is 0 Å². The Kier molecular flexibility index (Phi) is 2.15. The predicted molar refractivity (Wildman–Crippen MR) is 57.8 cm³/mol. The highest BCUT2D eigenvalue weighted by molar-refractivity contribution is 5.69. The molecule has 1 saturated carbocycles. The zero-order valence-electron chi connectivity index (χ0n) is 8.76. The van der Waals surface area contributed by atoms with Gasteiger partial charge in [-0.2, -0.15) is 0 Å². The van der Waals surface area contributed by atoms with Gasteiger partial charge in [0.1, 0.15) is 5.52 Å². The number of rotatable bonds is 3. The van der Waals surface area contributed by atoms with E-state index in [0.29, 0.717) is 11.6 Å². The molecule has 5 nitrogen and oxygen atoms in total. The summed E-state index contributed by atoms with van der Waals surface area (Å²) in [6.07, 6.45) is 3.93. The fraction of sp³-hybridized carbons (Fsp3) is 0.455. The van der Waals surface area contributed by atoms with Gasteiger partial charge in [0.05, 0.1) is 12.6 Å². The van der Waals surface area contributed by atoms with Gasteiger partial charge in [-0.25, -0.2) is 9.97 Å². The van der Waals surface area contributed by atoms with Gasteiger partial charge in [0, 0.05) is 12.1 Å². The standard InChI is InChI=1S/C11H13N3O2/c12-8(5-15)7-3-9-11(13-4-7)16-10(14-9)6-1-2-6/h3-4,6,8,15H,1-2,5,12H2. The van der Waals surface area contributed by atoms with Crippen LogP contribution in [0.15, 0.2) is 16.7 Å². The van der Waals surface area contributed by atoms with Crippen LogP contribution >= 0.6 is 0 Å². The highest BCUT2D eigenvalue weighted by atomic mass is 16.4. The molecule has 2 heterocycles. The summed E-state index contributed by atoms with van der Waals surface area (Å²) in [5, 5.41) is 8.97. The lowest BCUT2D eigenvalue weighted by Gasteiger charge is -2.06. The number of aromatic nitrogens is 2. The minimum atomic E-state index is -0.405. The summed E-state index contributed by atoms with van der Waals surface area (Å²) in [5.74, 6) is 1.25. The topological polar surface area (TPSA) is 85.2 Å². The summed E-state index contributed by atoms with van der Waals surface area (Å²) in [6.45, 7) is -0.0967. The molecule has 1 aliphatic carbocycles. The van der Waals surface area contributed by atoms with Gasteiger partial charge in [0.25, 0.3) is 0 Å². The number of fused-ring (bicyclic) bond motifs is 1. The van der Waals surface area contributed by atoms with E-state index in [1.807, 2.05) is 6.07 Å². The van der Waals surface area contributed by atoms with Gasteiger partial charge < -0.3 is 15.3 Å². The van der Waals surface area contributed by atoms with Crippen molar-refractivity contribution < 1.29 is 9.52 Å². The summed E-state index contributed by atoms with van der Waals surface area (Å²) in [7, 11) is 0. The molecule has 0 aliphatic heterocycles. The van der Waals surface area contributed by atoms with Crippen molar-refractivity contribution in [3.8, 4) is 0 Å². The molecule has 0 saturated heterocycles. The zero-order chi connectivity index (χ0) is 11.1. The van der Waals surface area contributed by atoms with Crippen LogP contribution in [0.1, 0.15) is 36.3 Å². The molecule has 5 heteroatoms. The molecule has 2 aromatic heterocycles. The quantitative estimate of drug-likeness (QED) is 0.807. The largest absolute Gasteiger partial charge is 0.422 e. The Morgan fingerprint density at radius 1 is 1.56 bits per heavy atom. The van der Waals surface area contributed by atoms with Crippen molar-refractivity contribution >= 4 is 11.2 Å². The van der Waals surface area contributed by atoms with Crippen molar-refractivity contribution in [3.63, 3.8) is 0 Å². The minimum Gasteiger partial charge on any atom is -0.422 e. The van der Waals surface area contributed by atoms with Gasteiger partial charge in [-0.1, -0.05) is 0 Å². The molecule has 0 spiro atoms. The smallest absolute Gasteiger partial charge is 0.246 e. The number of nitrogens with zero attached hydrogens (tertiary/aromatic N) is 2. The van der Waals surface area contributed by atoms with Crippen LogP contribution in [-0.2, 0) is 0 Å². The first-order valence-corrected chi connectivity index (χ1v) is 5.40. The van der Waals surface area contributed by atoms with Crippen molar-refractivity contribution in [2.75, 3.05) is 6.61 Å². The molecular weight excluding hydrogens is 206 g/mol. The second kappa shape index (κ2) is 3.54. The lowest BCUT2D eigenvalue weighted by atomic mass is 10.1. The average molecular weight is 219 g/mol. The third kappa shape index (κ3) is 1.58. The van der Waals surface area contributed by atoms with E-state index >= 15 is 0 Å². The van der Waals surface area contributed by atoms with Crippen LogP contribution in [0, 0.1) is 0 Å². The first-order chi connectivity index (χ1) is 7.78. The Morgan fingerprint density at radius 3 is 3.06 bits per heavy atom. The molecule has 1 fully saturated rings. The second-order valence-corrected chi connectivity index (χ2v) is 4.21. The molecule has 0 bridgehead atoms. The normalized spacial score (nSPS) is 17.9. The maximum absolute atomic E-state index is 8.97. The summed E-state index contributed by atoms with van der Waals surface area (Å²) >= 11 is 0. The molecule has 1 unspecified atom stereocenters. The average Bonchev–Trinajstić information content (AvgIpc) is 3.07. The summed E-state index contributed by atoms with van der Waals surface area (Å²) in [5.41, 5.74) is 7.78. The third-order valence-electron chi connectivity index (χ3n) is 2.84. The van der Waals surface area contributed by atoms with E-state index in [-0.39, 0.29) is 6.61 Å². The van der Waals surface area contributed by atoms with E-state index in [4.69, 9.17) is 15.3 Å². The van der Waals surface area contributed by atoms with Crippen molar-refractivity contribution in [1.29, 1.82) is 0 Å². The van der Waals surface area contributed by atoms with E-state index in [0.717, 1.165) is 29.8 Å². The van der Waals surface area contributed by atoms with Crippen LogP contribution < -0.4 is 5.73 Å². The summed E-state index contributed by atoms with van der Waals surface area (Å²) in [6, 6.07) is 1.43. The monoisotopic (exact) mass is 219 g/mol. The molecule has 3 N–H and O–H groups in total. The Hall–Kier alpha value is -1.46. The molecule has 0 radical (unpaired) electrons. The summed E-state index contributed by atoms with van der Waals surface area (Å²) < 4.78 is 5.53. The van der Waals surface area contributed by atoms with Crippen LogP contribution in [0.3, 0.4) is 0 Å². The SMILES string of the molecule is NC(CO)c1cnc2oc(C3CC3)nc2c1. The minimum absolute atomic E-state index is 0.0967. The Morgan fingerprint density at radius 2 is 2.38 bits per heavy atom. The maximum atomic E-state index is 8.97. The molecule has 0 aromatic carbocycles. The van der Waals surface area contributed by atoms with E-state index < -0.39 is 6.04 Å². The Labute approximate surface area is 92.3 Å². The molecule has 2 aromatic rings. The van der Waals surface area contributed by atoms with Crippen molar-refractivity contribution in [3.05, 3.63) is 23.7 Å². The number of aliphatic hydroxyl groups is 1. The molecule has 84 valence electrons. The van der Waals surface area contributed by atoms with Crippen LogP contribution in [0.2, 0.25) is 0 Å². The number of aliphatic hydroxyl groups excluding tert-OH is 1. The second-order valence-electron chi connectivity index (χ2n) is 4.21. The lowest BCUT2D eigenvalue weighted by Crippen LogP contribution is -2.14. The van der Waals surface area contributed by atoms with Gasteiger partial charge in [0.15, 0.2) is 0 Å². The number of nitrogens with two attached hydrogens (primary N) is 1. The number of hydrogen-bond donors (Lipinski definition) is 2. The lowest BCUT2D eigenvalue weighted by molar-refractivity contribution is 0.268. The van der Waals surface area contributed by atoms with Gasteiger partial charge in [-0.15, -0.1) is 0 Å². The Balaban J connectivity index is 2.02. The van der Waals surface area contributed by atoms with Crippen LogP contribution in [-0.4, -0.2) is 21.7 Å². The third-order valence-corrected chi connectivity index (χ3v) is 2.84. The molecule has 0 amide bonds.